The van der Waals surface area contributed by atoms with Gasteiger partial charge in [0.2, 0.25) is 0 Å². The molecule has 4 nitrogen and oxygen atoms in total. The zero-order valence-electron chi connectivity index (χ0n) is 22.3. The number of halogens is 1. The van der Waals surface area contributed by atoms with Crippen LogP contribution in [0.1, 0.15) is 62.8 Å². The number of fused-ring (bicyclic) bond motifs is 1. The van der Waals surface area contributed by atoms with Crippen molar-refractivity contribution in [1.29, 1.82) is 0 Å². The van der Waals surface area contributed by atoms with Crippen LogP contribution in [-0.4, -0.2) is 22.2 Å². The normalized spacial score (nSPS) is 12.2. The van der Waals surface area contributed by atoms with E-state index >= 15 is 0 Å². The maximum Gasteiger partial charge on any atom is 0.335 e. The van der Waals surface area contributed by atoms with Gasteiger partial charge in [0.1, 0.15) is 0 Å². The van der Waals surface area contributed by atoms with Crippen LogP contribution in [0, 0.1) is 6.92 Å². The van der Waals surface area contributed by atoms with Gasteiger partial charge in [0.25, 0.3) is 0 Å². The van der Waals surface area contributed by atoms with Crippen LogP contribution in [0.4, 0.5) is 0 Å². The van der Waals surface area contributed by atoms with Crippen LogP contribution in [0.2, 0.25) is 5.02 Å². The van der Waals surface area contributed by atoms with Crippen molar-refractivity contribution in [3.05, 3.63) is 141 Å². The lowest BCUT2D eigenvalue weighted by molar-refractivity contribution is 0.0696. The smallest absolute Gasteiger partial charge is 0.335 e. The van der Waals surface area contributed by atoms with Crippen LogP contribution in [0.5, 0.6) is 0 Å². The third-order valence-electron chi connectivity index (χ3n) is 7.54. The van der Waals surface area contributed by atoms with Crippen molar-refractivity contribution in [2.75, 3.05) is 6.54 Å². The summed E-state index contributed by atoms with van der Waals surface area (Å²) in [5.74, 6) is -0.751. The van der Waals surface area contributed by atoms with Crippen molar-refractivity contribution < 1.29 is 9.90 Å². The number of hydrogen-bond donors (Lipinski definition) is 2. The fourth-order valence-corrected chi connectivity index (χ4v) is 6.08. The van der Waals surface area contributed by atoms with Gasteiger partial charge < -0.3 is 15.4 Å². The number of aromatic nitrogens is 1. The van der Waals surface area contributed by atoms with Crippen molar-refractivity contribution in [2.45, 2.75) is 38.6 Å². The minimum absolute atomic E-state index is 0.0318. The molecular weight excluding hydrogens is 504 g/mol. The fourth-order valence-electron chi connectivity index (χ4n) is 5.91. The highest BCUT2D eigenvalue weighted by atomic mass is 35.5. The Morgan fingerprint density at radius 1 is 0.923 bits per heavy atom. The van der Waals surface area contributed by atoms with E-state index in [0.717, 1.165) is 34.9 Å². The highest BCUT2D eigenvalue weighted by Crippen LogP contribution is 2.41. The molecule has 39 heavy (non-hydrogen) atoms. The molecule has 0 fully saturated rings. The predicted octanol–water partition coefficient (Wildman–Crippen LogP) is 7.79. The standard InChI is InChI=1S/C34H33ClN2O2/c1-22-19-24(13-15-28(22)34(38)39)20-23(2)32-29-21-27(35)14-16-30(29)37(31(32)17-18-36)33(25-9-5-3-6-10-25)26-11-7-4-8-12-26/h3-16,19,21,23,33H,17-18,20,36H2,1-2H3,(H,38,39). The summed E-state index contributed by atoms with van der Waals surface area (Å²) in [6, 6.07) is 32.9. The molecule has 1 atom stereocenters. The Hall–Kier alpha value is -3.86. The number of carboxylic acids is 1. The Kier molecular flexibility index (Phi) is 7.87. The van der Waals surface area contributed by atoms with Gasteiger partial charge in [-0.15, -0.1) is 0 Å². The molecule has 0 aliphatic rings. The van der Waals surface area contributed by atoms with E-state index in [-0.39, 0.29) is 12.0 Å². The fraction of sp³-hybridized carbons (Fsp3) is 0.206. The summed E-state index contributed by atoms with van der Waals surface area (Å²) in [6.07, 6.45) is 1.49. The largest absolute Gasteiger partial charge is 0.478 e. The third kappa shape index (κ3) is 5.36. The second kappa shape index (κ2) is 11.5. The molecule has 1 unspecified atom stereocenters. The molecule has 0 aliphatic carbocycles. The summed E-state index contributed by atoms with van der Waals surface area (Å²) in [6.45, 7) is 4.61. The minimum Gasteiger partial charge on any atom is -0.478 e. The minimum atomic E-state index is -0.900. The number of carboxylic acid groups (broad SMARTS) is 1. The molecule has 0 amide bonds. The first kappa shape index (κ1) is 26.7. The summed E-state index contributed by atoms with van der Waals surface area (Å²) >= 11 is 6.59. The molecule has 0 bridgehead atoms. The molecule has 1 aromatic heterocycles. The van der Waals surface area contributed by atoms with Gasteiger partial charge in [-0.25, -0.2) is 4.79 Å². The van der Waals surface area contributed by atoms with E-state index in [9.17, 15) is 9.90 Å². The first-order chi connectivity index (χ1) is 18.9. The number of carbonyl (C=O) groups is 1. The van der Waals surface area contributed by atoms with Crippen molar-refractivity contribution in [3.8, 4) is 0 Å². The number of nitrogens with zero attached hydrogens (tertiary/aromatic N) is 1. The Balaban J connectivity index is 1.72. The zero-order valence-corrected chi connectivity index (χ0v) is 23.0. The Morgan fingerprint density at radius 2 is 1.56 bits per heavy atom. The van der Waals surface area contributed by atoms with Crippen LogP contribution in [0.25, 0.3) is 10.9 Å². The quantitative estimate of drug-likeness (QED) is 0.202. The van der Waals surface area contributed by atoms with Crippen LogP contribution in [0.15, 0.2) is 97.1 Å². The topological polar surface area (TPSA) is 68.2 Å². The molecule has 0 saturated heterocycles. The Bertz CT molecular complexity index is 1570. The van der Waals surface area contributed by atoms with Crippen LogP contribution in [0.3, 0.4) is 0 Å². The highest BCUT2D eigenvalue weighted by molar-refractivity contribution is 6.31. The van der Waals surface area contributed by atoms with E-state index < -0.39 is 5.97 Å². The summed E-state index contributed by atoms with van der Waals surface area (Å²) < 4.78 is 2.45. The molecule has 3 N–H and O–H groups in total. The van der Waals surface area contributed by atoms with Gasteiger partial charge in [-0.3, -0.25) is 0 Å². The first-order valence-corrected chi connectivity index (χ1v) is 13.7. The summed E-state index contributed by atoms with van der Waals surface area (Å²) in [4.78, 5) is 11.5. The lowest BCUT2D eigenvalue weighted by Gasteiger charge is -2.25. The Labute approximate surface area is 234 Å². The molecule has 0 saturated carbocycles. The maximum absolute atomic E-state index is 11.5. The summed E-state index contributed by atoms with van der Waals surface area (Å²) in [7, 11) is 0. The second-order valence-electron chi connectivity index (χ2n) is 10.2. The van der Waals surface area contributed by atoms with E-state index in [0.29, 0.717) is 17.1 Å². The number of aromatic carboxylic acids is 1. The number of aryl methyl sites for hydroxylation is 1. The van der Waals surface area contributed by atoms with E-state index in [2.05, 4.69) is 72.2 Å². The lowest BCUT2D eigenvalue weighted by Crippen LogP contribution is -2.18. The van der Waals surface area contributed by atoms with E-state index in [4.69, 9.17) is 17.3 Å². The Morgan fingerprint density at radius 3 is 2.13 bits per heavy atom. The van der Waals surface area contributed by atoms with Gasteiger partial charge in [-0.05, 0) is 77.9 Å². The third-order valence-corrected chi connectivity index (χ3v) is 7.77. The van der Waals surface area contributed by atoms with Crippen molar-refractivity contribution in [1.82, 2.24) is 4.57 Å². The van der Waals surface area contributed by atoms with Crippen molar-refractivity contribution >= 4 is 28.5 Å². The van der Waals surface area contributed by atoms with E-state index in [1.165, 1.54) is 22.4 Å². The molecule has 198 valence electrons. The molecular formula is C34H33ClN2O2. The molecule has 5 heteroatoms. The molecule has 0 radical (unpaired) electrons. The maximum atomic E-state index is 11.5. The molecule has 0 aliphatic heterocycles. The average Bonchev–Trinajstić information content (AvgIpc) is 3.23. The molecule has 5 rings (SSSR count). The number of benzene rings is 4. The van der Waals surface area contributed by atoms with Crippen molar-refractivity contribution in [3.63, 3.8) is 0 Å². The molecule has 1 heterocycles. The average molecular weight is 537 g/mol. The van der Waals surface area contributed by atoms with Crippen LogP contribution < -0.4 is 5.73 Å². The van der Waals surface area contributed by atoms with Gasteiger partial charge in [-0.1, -0.05) is 91.3 Å². The number of hydrogen-bond acceptors (Lipinski definition) is 2. The van der Waals surface area contributed by atoms with Crippen LogP contribution in [-0.2, 0) is 12.8 Å². The van der Waals surface area contributed by atoms with Gasteiger partial charge >= 0.3 is 5.97 Å². The number of nitrogens with two attached hydrogens (primary N) is 1. The van der Waals surface area contributed by atoms with Gasteiger partial charge in [-0.2, -0.15) is 0 Å². The predicted molar refractivity (Wildman–Crippen MR) is 160 cm³/mol. The highest BCUT2D eigenvalue weighted by Gasteiger charge is 2.27. The molecule has 0 spiro atoms. The van der Waals surface area contributed by atoms with E-state index in [1.54, 1.807) is 6.07 Å². The molecule has 4 aromatic carbocycles. The lowest BCUT2D eigenvalue weighted by atomic mass is 9.89. The zero-order chi connectivity index (χ0) is 27.5. The summed E-state index contributed by atoms with van der Waals surface area (Å²) in [5, 5.41) is 11.3. The molecule has 5 aromatic rings. The first-order valence-electron chi connectivity index (χ1n) is 13.3. The monoisotopic (exact) mass is 536 g/mol. The number of rotatable bonds is 9. The SMILES string of the molecule is Cc1cc(CC(C)c2c(CCN)n(C(c3ccccc3)c3ccccc3)c3ccc(Cl)cc23)ccc1C(=O)O. The van der Waals surface area contributed by atoms with Crippen molar-refractivity contribution in [2.24, 2.45) is 5.73 Å². The second-order valence-corrected chi connectivity index (χ2v) is 10.7. The van der Waals surface area contributed by atoms with E-state index in [1.807, 2.05) is 37.3 Å². The summed E-state index contributed by atoms with van der Waals surface area (Å²) in [5.41, 5.74) is 14.4. The van der Waals surface area contributed by atoms with Crippen LogP contribution >= 0.6 is 11.6 Å². The van der Waals surface area contributed by atoms with Gasteiger partial charge in [0.15, 0.2) is 0 Å². The van der Waals surface area contributed by atoms with Gasteiger partial charge in [0, 0.05) is 28.0 Å². The van der Waals surface area contributed by atoms with Gasteiger partial charge in [0.05, 0.1) is 11.6 Å².